The first-order valence-electron chi connectivity index (χ1n) is 5.57. The molecule has 0 heterocycles. The zero-order valence-electron chi connectivity index (χ0n) is 10.6. The molecule has 0 radical (unpaired) electrons. The first-order valence-corrected chi connectivity index (χ1v) is 5.57. The highest BCUT2D eigenvalue weighted by Crippen LogP contribution is 2.27. The molecule has 0 aliphatic carbocycles. The second-order valence-electron chi connectivity index (χ2n) is 3.74. The monoisotopic (exact) mass is 249 g/mol. The third kappa shape index (κ3) is 2.94. The number of benzene rings is 1. The van der Waals surface area contributed by atoms with Crippen molar-refractivity contribution in [3.63, 3.8) is 0 Å². The normalized spacial score (nSPS) is 11.7. The molecule has 0 aliphatic rings. The summed E-state index contributed by atoms with van der Waals surface area (Å²) in [5.41, 5.74) is 1.36. The Morgan fingerprint density at radius 1 is 1.33 bits per heavy atom. The average molecular weight is 249 g/mol. The summed E-state index contributed by atoms with van der Waals surface area (Å²) in [6.45, 7) is 5.27. The van der Waals surface area contributed by atoms with Crippen LogP contribution in [0.3, 0.4) is 0 Å². The molecule has 0 N–H and O–H groups in total. The van der Waals surface area contributed by atoms with Gasteiger partial charge in [-0.1, -0.05) is 12.1 Å². The van der Waals surface area contributed by atoms with Crippen LogP contribution in [0.1, 0.15) is 26.3 Å². The first kappa shape index (κ1) is 13.9. The van der Waals surface area contributed by atoms with E-state index in [4.69, 9.17) is 4.74 Å². The number of ether oxygens (including phenoxy) is 1. The summed E-state index contributed by atoms with van der Waals surface area (Å²) in [6, 6.07) is 6.33. The molecule has 0 aliphatic heterocycles. The molecule has 0 aromatic heterocycles. The highest BCUT2D eigenvalue weighted by atomic mass is 16.6. The van der Waals surface area contributed by atoms with Crippen LogP contribution in [0.2, 0.25) is 0 Å². The van der Waals surface area contributed by atoms with Crippen molar-refractivity contribution in [2.75, 3.05) is 6.61 Å². The molecular formula is C13H15NO4. The molecule has 1 aromatic carbocycles. The molecule has 0 amide bonds. The van der Waals surface area contributed by atoms with Crippen molar-refractivity contribution >= 4 is 17.2 Å². The zero-order chi connectivity index (χ0) is 13.7. The number of nitrogens with zero attached hydrogens (tertiary/aromatic N) is 1. The van der Waals surface area contributed by atoms with E-state index >= 15 is 0 Å². The van der Waals surface area contributed by atoms with Crippen LogP contribution in [0, 0.1) is 10.1 Å². The van der Waals surface area contributed by atoms with Crippen molar-refractivity contribution < 1.29 is 14.5 Å². The van der Waals surface area contributed by atoms with Crippen LogP contribution < -0.4 is 0 Å². The Kier molecular flexibility index (Phi) is 4.59. The van der Waals surface area contributed by atoms with Gasteiger partial charge in [-0.15, -0.1) is 0 Å². The standard InChI is InChI=1S/C13H15NO4/c1-4-18-13(15)10(3)9(2)11-7-5-6-8-12(11)14(16)17/h5-8H,4H2,1-3H3. The number of hydrogen-bond donors (Lipinski definition) is 0. The number of carbonyl (C=O) groups excluding carboxylic acids is 1. The van der Waals surface area contributed by atoms with Gasteiger partial charge in [-0.3, -0.25) is 10.1 Å². The smallest absolute Gasteiger partial charge is 0.333 e. The number of allylic oxidation sites excluding steroid dienone is 1. The van der Waals surface area contributed by atoms with Gasteiger partial charge in [0.05, 0.1) is 17.1 Å². The van der Waals surface area contributed by atoms with Crippen LogP contribution in [-0.2, 0) is 9.53 Å². The fourth-order valence-corrected chi connectivity index (χ4v) is 1.54. The molecule has 0 bridgehead atoms. The van der Waals surface area contributed by atoms with Gasteiger partial charge < -0.3 is 4.74 Å². The van der Waals surface area contributed by atoms with Gasteiger partial charge in [0.2, 0.25) is 0 Å². The van der Waals surface area contributed by atoms with Gasteiger partial charge in [0.25, 0.3) is 5.69 Å². The fraction of sp³-hybridized carbons (Fsp3) is 0.308. The highest BCUT2D eigenvalue weighted by Gasteiger charge is 2.18. The average Bonchev–Trinajstić information content (AvgIpc) is 2.37. The number of nitro groups is 1. The Hall–Kier alpha value is -2.17. The topological polar surface area (TPSA) is 69.4 Å². The van der Waals surface area contributed by atoms with E-state index < -0.39 is 10.9 Å². The Labute approximate surface area is 105 Å². The predicted octanol–water partition coefficient (Wildman–Crippen LogP) is 2.95. The molecule has 0 spiro atoms. The summed E-state index contributed by atoms with van der Waals surface area (Å²) in [7, 11) is 0. The third-order valence-corrected chi connectivity index (χ3v) is 2.65. The van der Waals surface area contributed by atoms with Crippen LogP contribution in [0.5, 0.6) is 0 Å². The fourth-order valence-electron chi connectivity index (χ4n) is 1.54. The van der Waals surface area contributed by atoms with Crippen LogP contribution in [0.25, 0.3) is 5.57 Å². The zero-order valence-corrected chi connectivity index (χ0v) is 10.6. The minimum atomic E-state index is -0.461. The van der Waals surface area contributed by atoms with Crippen LogP contribution >= 0.6 is 0 Å². The number of rotatable bonds is 4. The van der Waals surface area contributed by atoms with E-state index in [-0.39, 0.29) is 12.3 Å². The van der Waals surface area contributed by atoms with Gasteiger partial charge in [0, 0.05) is 11.6 Å². The van der Waals surface area contributed by atoms with Crippen molar-refractivity contribution in [1.29, 1.82) is 0 Å². The summed E-state index contributed by atoms with van der Waals surface area (Å²) >= 11 is 0. The summed E-state index contributed by atoms with van der Waals surface area (Å²) in [6.07, 6.45) is 0. The molecule has 5 heteroatoms. The maximum absolute atomic E-state index is 11.6. The lowest BCUT2D eigenvalue weighted by atomic mass is 10.0. The maximum Gasteiger partial charge on any atom is 0.333 e. The Balaban J connectivity index is 3.25. The minimum absolute atomic E-state index is 0.0151. The van der Waals surface area contributed by atoms with E-state index in [1.807, 2.05) is 0 Å². The molecule has 1 rings (SSSR count). The van der Waals surface area contributed by atoms with E-state index in [1.54, 1.807) is 39.0 Å². The van der Waals surface area contributed by atoms with Crippen molar-refractivity contribution in [3.05, 3.63) is 45.5 Å². The van der Waals surface area contributed by atoms with Gasteiger partial charge in [-0.05, 0) is 32.4 Å². The number of carbonyl (C=O) groups is 1. The molecular weight excluding hydrogens is 234 g/mol. The molecule has 0 saturated carbocycles. The van der Waals surface area contributed by atoms with Crippen molar-refractivity contribution in [3.8, 4) is 0 Å². The lowest BCUT2D eigenvalue weighted by Crippen LogP contribution is -2.07. The number of esters is 1. The minimum Gasteiger partial charge on any atom is -0.463 e. The van der Waals surface area contributed by atoms with E-state index in [1.165, 1.54) is 6.07 Å². The molecule has 0 fully saturated rings. The van der Waals surface area contributed by atoms with Gasteiger partial charge in [-0.25, -0.2) is 4.79 Å². The summed E-state index contributed by atoms with van der Waals surface area (Å²) in [5.74, 6) is -0.451. The second kappa shape index (κ2) is 5.95. The molecule has 18 heavy (non-hydrogen) atoms. The van der Waals surface area contributed by atoms with Gasteiger partial charge in [0.1, 0.15) is 0 Å². The SMILES string of the molecule is CCOC(=O)C(C)=C(C)c1ccccc1[N+](=O)[O-]. The first-order chi connectivity index (χ1) is 8.49. The number of nitro benzene ring substituents is 1. The molecule has 0 saturated heterocycles. The van der Waals surface area contributed by atoms with Gasteiger partial charge in [-0.2, -0.15) is 0 Å². The Morgan fingerprint density at radius 3 is 2.50 bits per heavy atom. The van der Waals surface area contributed by atoms with E-state index in [0.29, 0.717) is 16.7 Å². The van der Waals surface area contributed by atoms with Gasteiger partial charge >= 0.3 is 5.97 Å². The van der Waals surface area contributed by atoms with Crippen LogP contribution in [0.4, 0.5) is 5.69 Å². The van der Waals surface area contributed by atoms with Crippen LogP contribution in [0.15, 0.2) is 29.8 Å². The van der Waals surface area contributed by atoms with E-state index in [9.17, 15) is 14.9 Å². The lowest BCUT2D eigenvalue weighted by molar-refractivity contribution is -0.385. The molecule has 0 unspecified atom stereocenters. The summed E-state index contributed by atoms with van der Waals surface area (Å²) < 4.78 is 4.88. The van der Waals surface area contributed by atoms with Crippen molar-refractivity contribution in [1.82, 2.24) is 0 Å². The largest absolute Gasteiger partial charge is 0.463 e. The quantitative estimate of drug-likeness (QED) is 0.356. The van der Waals surface area contributed by atoms with Crippen molar-refractivity contribution in [2.24, 2.45) is 0 Å². The van der Waals surface area contributed by atoms with Crippen molar-refractivity contribution in [2.45, 2.75) is 20.8 Å². The summed E-state index contributed by atoms with van der Waals surface area (Å²) in [5, 5.41) is 10.9. The van der Waals surface area contributed by atoms with Gasteiger partial charge in [0.15, 0.2) is 0 Å². The van der Waals surface area contributed by atoms with E-state index in [0.717, 1.165) is 0 Å². The second-order valence-corrected chi connectivity index (χ2v) is 3.74. The number of hydrogen-bond acceptors (Lipinski definition) is 4. The number of para-hydroxylation sites is 1. The third-order valence-electron chi connectivity index (χ3n) is 2.65. The predicted molar refractivity (Wildman–Crippen MR) is 68.0 cm³/mol. The van der Waals surface area contributed by atoms with E-state index in [2.05, 4.69) is 0 Å². The lowest BCUT2D eigenvalue weighted by Gasteiger charge is -2.08. The Morgan fingerprint density at radius 2 is 1.94 bits per heavy atom. The molecule has 0 atom stereocenters. The van der Waals surface area contributed by atoms with Crippen LogP contribution in [-0.4, -0.2) is 17.5 Å². The molecule has 1 aromatic rings. The Bertz CT molecular complexity index is 505. The molecule has 96 valence electrons. The highest BCUT2D eigenvalue weighted by molar-refractivity contribution is 5.97. The maximum atomic E-state index is 11.6. The molecule has 5 nitrogen and oxygen atoms in total. The summed E-state index contributed by atoms with van der Waals surface area (Å²) in [4.78, 5) is 22.0.